The second-order valence-electron chi connectivity index (χ2n) is 7.36. The van der Waals surface area contributed by atoms with E-state index in [1.807, 2.05) is 36.4 Å². The van der Waals surface area contributed by atoms with Crippen molar-refractivity contribution in [1.82, 2.24) is 0 Å². The van der Waals surface area contributed by atoms with Gasteiger partial charge >= 0.3 is 0 Å². The van der Waals surface area contributed by atoms with E-state index in [1.165, 1.54) is 0 Å². The second-order valence-corrected chi connectivity index (χ2v) is 7.36. The number of Topliss-reactive ketones (excluding diaryl/α,β-unsaturated/α-hetero) is 1. The van der Waals surface area contributed by atoms with Crippen molar-refractivity contribution in [2.24, 2.45) is 0 Å². The zero-order chi connectivity index (χ0) is 16.7. The van der Waals surface area contributed by atoms with Gasteiger partial charge in [0.25, 0.3) is 0 Å². The maximum atomic E-state index is 13.6. The molecule has 2 atom stereocenters. The van der Waals surface area contributed by atoms with Gasteiger partial charge in [-0.2, -0.15) is 0 Å². The monoisotopic (exact) mass is 308 g/mol. The first-order valence-corrected chi connectivity index (χ1v) is 8.39. The van der Waals surface area contributed by atoms with Crippen molar-refractivity contribution in [2.45, 2.75) is 37.8 Å². The van der Waals surface area contributed by atoms with Crippen molar-refractivity contribution >= 4 is 5.78 Å². The van der Waals surface area contributed by atoms with Crippen molar-refractivity contribution in [3.05, 3.63) is 71.8 Å². The van der Waals surface area contributed by atoms with Gasteiger partial charge in [-0.1, -0.05) is 60.7 Å². The highest BCUT2D eigenvalue weighted by atomic mass is 16.1. The molecule has 0 aliphatic carbocycles. The van der Waals surface area contributed by atoms with Crippen molar-refractivity contribution in [3.63, 3.8) is 0 Å². The molecule has 1 fully saturated rings. The summed E-state index contributed by atoms with van der Waals surface area (Å²) in [6.07, 6.45) is 0.844. The van der Waals surface area contributed by atoms with Crippen molar-refractivity contribution < 1.29 is 9.28 Å². The van der Waals surface area contributed by atoms with Crippen LogP contribution >= 0.6 is 0 Å². The summed E-state index contributed by atoms with van der Waals surface area (Å²) < 4.78 is 0.750. The normalized spacial score (nSPS) is 26.0. The van der Waals surface area contributed by atoms with Crippen LogP contribution < -0.4 is 0 Å². The molecule has 0 radical (unpaired) electrons. The Bertz CT molecular complexity index is 651. The molecule has 1 heterocycles. The van der Waals surface area contributed by atoms with Crippen molar-refractivity contribution in [2.75, 3.05) is 14.1 Å². The van der Waals surface area contributed by atoms with E-state index in [2.05, 4.69) is 52.2 Å². The van der Waals surface area contributed by atoms with E-state index in [4.69, 9.17) is 0 Å². The van der Waals surface area contributed by atoms with Gasteiger partial charge < -0.3 is 4.48 Å². The molecule has 1 saturated heterocycles. The molecular weight excluding hydrogens is 282 g/mol. The molecular formula is C21H26NO+. The number of benzene rings is 2. The molecule has 1 aliphatic rings. The van der Waals surface area contributed by atoms with Crippen LogP contribution in [0.5, 0.6) is 0 Å². The lowest BCUT2D eigenvalue weighted by atomic mass is 9.63. The molecule has 0 bridgehead atoms. The van der Waals surface area contributed by atoms with E-state index in [0.717, 1.165) is 22.0 Å². The SMILES string of the molecule is CC1CC(c2ccccc2)(c2ccccc2)C(=O)C(C)[N+]1(C)C. The largest absolute Gasteiger partial charge is 0.318 e. The molecule has 0 saturated carbocycles. The molecule has 2 aromatic rings. The van der Waals surface area contributed by atoms with Crippen LogP contribution in [0.15, 0.2) is 60.7 Å². The number of piperidine rings is 1. The number of rotatable bonds is 2. The van der Waals surface area contributed by atoms with Gasteiger partial charge in [-0.15, -0.1) is 0 Å². The third-order valence-corrected chi connectivity index (χ3v) is 6.07. The Morgan fingerprint density at radius 2 is 1.30 bits per heavy atom. The summed E-state index contributed by atoms with van der Waals surface area (Å²) in [5.41, 5.74) is 1.71. The Morgan fingerprint density at radius 3 is 1.74 bits per heavy atom. The first kappa shape index (κ1) is 15.9. The summed E-state index contributed by atoms with van der Waals surface area (Å²) in [7, 11) is 4.35. The van der Waals surface area contributed by atoms with E-state index in [1.54, 1.807) is 0 Å². The first-order valence-electron chi connectivity index (χ1n) is 8.39. The molecule has 0 aromatic heterocycles. The summed E-state index contributed by atoms with van der Waals surface area (Å²) >= 11 is 0. The van der Waals surface area contributed by atoms with E-state index < -0.39 is 5.41 Å². The molecule has 3 rings (SSSR count). The lowest BCUT2D eigenvalue weighted by molar-refractivity contribution is -0.930. The predicted octanol–water partition coefficient (Wildman–Crippen LogP) is 3.80. The predicted molar refractivity (Wildman–Crippen MR) is 94.3 cm³/mol. The smallest absolute Gasteiger partial charge is 0.204 e. The number of quaternary nitrogens is 1. The standard InChI is InChI=1S/C21H26NO/c1-16-15-21(18-11-7-5-8-12-18,19-13-9-6-10-14-19)20(23)17(2)22(16,3)4/h5-14,16-17H,15H2,1-4H3/q+1. The average molecular weight is 308 g/mol. The van der Waals surface area contributed by atoms with Crippen LogP contribution in [-0.4, -0.2) is 36.4 Å². The third kappa shape index (κ3) is 2.33. The van der Waals surface area contributed by atoms with Crippen molar-refractivity contribution in [3.8, 4) is 0 Å². The molecule has 120 valence electrons. The van der Waals surface area contributed by atoms with Gasteiger partial charge in [-0.25, -0.2) is 0 Å². The van der Waals surface area contributed by atoms with Gasteiger partial charge in [0, 0.05) is 6.42 Å². The number of hydrogen-bond acceptors (Lipinski definition) is 1. The lowest BCUT2D eigenvalue weighted by Gasteiger charge is -2.51. The quantitative estimate of drug-likeness (QED) is 0.771. The minimum absolute atomic E-state index is 0.0286. The van der Waals surface area contributed by atoms with E-state index >= 15 is 0 Å². The number of nitrogens with zero attached hydrogens (tertiary/aromatic N) is 1. The van der Waals surface area contributed by atoms with Gasteiger partial charge in [0.2, 0.25) is 5.78 Å². The first-order chi connectivity index (χ1) is 10.9. The van der Waals surface area contributed by atoms with E-state index in [0.29, 0.717) is 11.8 Å². The number of likely N-dealkylation sites (tertiary alicyclic amines) is 1. The van der Waals surface area contributed by atoms with E-state index in [9.17, 15) is 4.79 Å². The minimum Gasteiger partial charge on any atom is -0.318 e. The molecule has 2 nitrogen and oxygen atoms in total. The molecule has 0 amide bonds. The Labute approximate surface area is 139 Å². The van der Waals surface area contributed by atoms with Crippen LogP contribution in [0.1, 0.15) is 31.4 Å². The fourth-order valence-corrected chi connectivity index (χ4v) is 3.95. The average Bonchev–Trinajstić information content (AvgIpc) is 2.58. The number of carbonyl (C=O) groups excluding carboxylic acids is 1. The van der Waals surface area contributed by atoms with Crippen LogP contribution in [0, 0.1) is 0 Å². The summed E-state index contributed by atoms with van der Waals surface area (Å²) in [5.74, 6) is 0.331. The second kappa shape index (κ2) is 5.61. The molecule has 23 heavy (non-hydrogen) atoms. The summed E-state index contributed by atoms with van der Waals surface area (Å²) in [4.78, 5) is 13.6. The summed E-state index contributed by atoms with van der Waals surface area (Å²) in [6.45, 7) is 4.35. The van der Waals surface area contributed by atoms with Crippen LogP contribution in [0.2, 0.25) is 0 Å². The Kier molecular flexibility index (Phi) is 3.89. The maximum absolute atomic E-state index is 13.6. The van der Waals surface area contributed by atoms with Gasteiger partial charge in [-0.05, 0) is 25.0 Å². The number of hydrogen-bond donors (Lipinski definition) is 0. The zero-order valence-electron chi connectivity index (χ0n) is 14.5. The number of ketones is 1. The molecule has 2 aromatic carbocycles. The van der Waals surface area contributed by atoms with Crippen LogP contribution in [0.3, 0.4) is 0 Å². The Hall–Kier alpha value is -1.93. The van der Waals surface area contributed by atoms with E-state index in [-0.39, 0.29) is 6.04 Å². The topological polar surface area (TPSA) is 17.1 Å². The van der Waals surface area contributed by atoms with Crippen LogP contribution in [0.25, 0.3) is 0 Å². The highest BCUT2D eigenvalue weighted by Gasteiger charge is 2.55. The Morgan fingerprint density at radius 1 is 0.870 bits per heavy atom. The molecule has 0 N–H and O–H groups in total. The minimum atomic E-state index is -0.533. The maximum Gasteiger partial charge on any atom is 0.204 e. The summed E-state index contributed by atoms with van der Waals surface area (Å²) in [5, 5.41) is 0. The molecule has 2 heteroatoms. The number of likely N-dealkylation sites (N-methyl/N-ethyl adjacent to an activating group) is 1. The summed E-state index contributed by atoms with van der Waals surface area (Å²) in [6, 6.07) is 21.0. The third-order valence-electron chi connectivity index (χ3n) is 6.07. The van der Waals surface area contributed by atoms with Gasteiger partial charge in [-0.3, -0.25) is 4.79 Å². The molecule has 2 unspecified atom stereocenters. The molecule has 0 spiro atoms. The molecule has 1 aliphatic heterocycles. The lowest BCUT2D eigenvalue weighted by Crippen LogP contribution is -2.67. The number of carbonyl (C=O) groups is 1. The van der Waals surface area contributed by atoms with Crippen LogP contribution in [0.4, 0.5) is 0 Å². The highest BCUT2D eigenvalue weighted by molar-refractivity contribution is 5.97. The van der Waals surface area contributed by atoms with Gasteiger partial charge in [0.05, 0.1) is 25.6 Å². The van der Waals surface area contributed by atoms with Gasteiger partial charge in [0.1, 0.15) is 6.04 Å². The highest BCUT2D eigenvalue weighted by Crippen LogP contribution is 2.45. The van der Waals surface area contributed by atoms with Crippen LogP contribution in [-0.2, 0) is 10.2 Å². The fourth-order valence-electron chi connectivity index (χ4n) is 3.95. The fraction of sp³-hybridized carbons (Fsp3) is 0.381. The Balaban J connectivity index is 2.24. The zero-order valence-corrected chi connectivity index (χ0v) is 14.5. The van der Waals surface area contributed by atoms with Crippen molar-refractivity contribution in [1.29, 1.82) is 0 Å². The van der Waals surface area contributed by atoms with Gasteiger partial charge in [0.15, 0.2) is 0 Å².